The largest absolute Gasteiger partial charge is 0.388 e. The second-order valence-electron chi connectivity index (χ2n) is 9.32. The Balaban J connectivity index is 1.09. The highest BCUT2D eigenvalue weighted by molar-refractivity contribution is 6.01. The van der Waals surface area contributed by atoms with Gasteiger partial charge >= 0.3 is 0 Å². The number of rotatable bonds is 4. The minimum atomic E-state index is -0.238. The molecule has 1 spiro atoms. The molecule has 2 N–H and O–H groups in total. The van der Waals surface area contributed by atoms with Crippen molar-refractivity contribution < 1.29 is 9.63 Å². The predicted octanol–water partition coefficient (Wildman–Crippen LogP) is 3.06. The molecule has 7 heteroatoms. The lowest BCUT2D eigenvalue weighted by Crippen LogP contribution is -2.50. The molecule has 0 radical (unpaired) electrons. The number of nitrogens with two attached hydrogens (primary N) is 1. The molecule has 0 bridgehead atoms. The molecule has 1 aromatic heterocycles. The third-order valence-corrected chi connectivity index (χ3v) is 7.12. The minimum Gasteiger partial charge on any atom is -0.388 e. The van der Waals surface area contributed by atoms with E-state index < -0.39 is 0 Å². The van der Waals surface area contributed by atoms with Gasteiger partial charge in [-0.3, -0.25) is 9.69 Å². The second-order valence-corrected chi connectivity index (χ2v) is 9.32. The van der Waals surface area contributed by atoms with Crippen LogP contribution in [-0.2, 0) is 16.2 Å². The Bertz CT molecular complexity index is 977. The van der Waals surface area contributed by atoms with Crippen molar-refractivity contribution in [2.24, 2.45) is 11.1 Å². The van der Waals surface area contributed by atoms with Gasteiger partial charge in [-0.15, -0.1) is 0 Å². The molecule has 168 valence electrons. The first-order valence-electron chi connectivity index (χ1n) is 11.6. The molecule has 2 fully saturated rings. The Morgan fingerprint density at radius 2 is 1.84 bits per heavy atom. The van der Waals surface area contributed by atoms with Crippen LogP contribution in [0.5, 0.6) is 0 Å². The van der Waals surface area contributed by atoms with Crippen molar-refractivity contribution in [3.63, 3.8) is 0 Å². The Morgan fingerprint density at radius 1 is 1.09 bits per heavy atom. The lowest BCUT2D eigenvalue weighted by Gasteiger charge is -2.40. The number of aromatic nitrogens is 1. The molecular weight excluding hydrogens is 402 g/mol. The van der Waals surface area contributed by atoms with Gasteiger partial charge in [0, 0.05) is 51.0 Å². The quantitative estimate of drug-likeness (QED) is 0.801. The molecule has 0 aliphatic carbocycles. The molecular formula is C25H31N5O2. The fourth-order valence-corrected chi connectivity index (χ4v) is 5.16. The summed E-state index contributed by atoms with van der Waals surface area (Å²) in [5.41, 5.74) is 8.88. The number of carbonyl (C=O) groups excluding carboxylic acids is 1. The Morgan fingerprint density at radius 3 is 2.56 bits per heavy atom. The van der Waals surface area contributed by atoms with Gasteiger partial charge in [-0.25, -0.2) is 4.98 Å². The summed E-state index contributed by atoms with van der Waals surface area (Å²) >= 11 is 0. The molecule has 3 aliphatic rings. The van der Waals surface area contributed by atoms with Gasteiger partial charge in [0.2, 0.25) is 5.91 Å². The van der Waals surface area contributed by atoms with Gasteiger partial charge in [-0.2, -0.15) is 0 Å². The zero-order valence-electron chi connectivity index (χ0n) is 18.4. The summed E-state index contributed by atoms with van der Waals surface area (Å²) in [6.45, 7) is 4.25. The van der Waals surface area contributed by atoms with Crippen LogP contribution in [0.1, 0.15) is 43.2 Å². The average molecular weight is 434 g/mol. The number of oxime groups is 1. The molecule has 2 aromatic rings. The summed E-state index contributed by atoms with van der Waals surface area (Å²) in [6, 6.07) is 14.2. The average Bonchev–Trinajstić information content (AvgIpc) is 3.24. The molecule has 0 atom stereocenters. The molecule has 1 aromatic carbocycles. The molecule has 0 unspecified atom stereocenters. The number of nitrogens with zero attached hydrogens (tertiary/aromatic N) is 4. The molecule has 5 rings (SSSR count). The third kappa shape index (κ3) is 4.48. The summed E-state index contributed by atoms with van der Waals surface area (Å²) in [4.78, 5) is 27.6. The highest BCUT2D eigenvalue weighted by atomic mass is 16.7. The van der Waals surface area contributed by atoms with Gasteiger partial charge in [0.25, 0.3) is 0 Å². The van der Waals surface area contributed by atoms with E-state index in [1.807, 2.05) is 30.3 Å². The van der Waals surface area contributed by atoms with Crippen molar-refractivity contribution >= 4 is 17.4 Å². The lowest BCUT2D eigenvalue weighted by atomic mass is 9.84. The van der Waals surface area contributed by atoms with Crippen LogP contribution in [0.3, 0.4) is 0 Å². The first kappa shape index (κ1) is 20.9. The van der Waals surface area contributed by atoms with Gasteiger partial charge in [0.05, 0.1) is 5.71 Å². The fourth-order valence-electron chi connectivity index (χ4n) is 5.16. The monoisotopic (exact) mass is 433 g/mol. The number of benzene rings is 1. The van der Waals surface area contributed by atoms with Crippen molar-refractivity contribution in [2.75, 3.05) is 31.9 Å². The molecule has 0 saturated carbocycles. The number of pyridine rings is 1. The molecule has 3 aliphatic heterocycles. The topological polar surface area (TPSA) is 84.0 Å². The minimum absolute atomic E-state index is 0.128. The summed E-state index contributed by atoms with van der Waals surface area (Å²) in [6.07, 6.45) is 6.11. The Labute approximate surface area is 189 Å². The summed E-state index contributed by atoms with van der Waals surface area (Å²) in [7, 11) is 0. The van der Waals surface area contributed by atoms with Crippen LogP contribution >= 0.6 is 0 Å². The summed E-state index contributed by atoms with van der Waals surface area (Å²) in [5.74, 6) is 1.00. The SMILES string of the molecule is Nc1cc(CN2CCC(C(=O)N3CCC4(CC3)CC(c3ccccc3)=NO4)CC2)ccn1. The van der Waals surface area contributed by atoms with E-state index in [0.717, 1.165) is 76.1 Å². The van der Waals surface area contributed by atoms with Crippen molar-refractivity contribution in [3.05, 3.63) is 59.8 Å². The number of hydrogen-bond acceptors (Lipinski definition) is 6. The number of hydrogen-bond donors (Lipinski definition) is 1. The van der Waals surface area contributed by atoms with Crippen LogP contribution in [0.4, 0.5) is 5.82 Å². The molecule has 7 nitrogen and oxygen atoms in total. The molecule has 1 amide bonds. The van der Waals surface area contributed by atoms with E-state index in [1.54, 1.807) is 6.20 Å². The van der Waals surface area contributed by atoms with Crippen LogP contribution in [0.15, 0.2) is 53.8 Å². The van der Waals surface area contributed by atoms with Gasteiger partial charge in [-0.1, -0.05) is 35.5 Å². The second kappa shape index (κ2) is 8.90. The smallest absolute Gasteiger partial charge is 0.225 e. The highest BCUT2D eigenvalue weighted by Crippen LogP contribution is 2.37. The number of nitrogen functional groups attached to an aromatic ring is 1. The van der Waals surface area contributed by atoms with Gasteiger partial charge in [0.1, 0.15) is 11.4 Å². The van der Waals surface area contributed by atoms with Crippen molar-refractivity contribution in [3.8, 4) is 0 Å². The maximum atomic E-state index is 13.2. The van der Waals surface area contributed by atoms with E-state index in [0.29, 0.717) is 11.7 Å². The van der Waals surface area contributed by atoms with Crippen LogP contribution in [0.2, 0.25) is 0 Å². The maximum Gasteiger partial charge on any atom is 0.225 e. The van der Waals surface area contributed by atoms with Crippen LogP contribution in [0, 0.1) is 5.92 Å². The van der Waals surface area contributed by atoms with Gasteiger partial charge in [-0.05, 0) is 49.2 Å². The van der Waals surface area contributed by atoms with Crippen molar-refractivity contribution in [1.29, 1.82) is 0 Å². The van der Waals surface area contributed by atoms with E-state index in [9.17, 15) is 4.79 Å². The van der Waals surface area contributed by atoms with Crippen LogP contribution in [-0.4, -0.2) is 58.2 Å². The molecule has 32 heavy (non-hydrogen) atoms. The number of piperidine rings is 2. The molecule has 2 saturated heterocycles. The maximum absolute atomic E-state index is 13.2. The first-order valence-corrected chi connectivity index (χ1v) is 11.6. The number of amides is 1. The summed E-state index contributed by atoms with van der Waals surface area (Å²) < 4.78 is 0. The first-order chi connectivity index (χ1) is 15.6. The number of anilines is 1. The van der Waals surface area contributed by atoms with E-state index in [4.69, 9.17) is 10.6 Å². The van der Waals surface area contributed by atoms with E-state index in [1.165, 1.54) is 5.56 Å². The van der Waals surface area contributed by atoms with E-state index >= 15 is 0 Å². The predicted molar refractivity (Wildman–Crippen MR) is 124 cm³/mol. The highest BCUT2D eigenvalue weighted by Gasteiger charge is 2.44. The van der Waals surface area contributed by atoms with E-state index in [-0.39, 0.29) is 11.5 Å². The fraction of sp³-hybridized carbons (Fsp3) is 0.480. The lowest BCUT2D eigenvalue weighted by molar-refractivity contribution is -0.142. The summed E-state index contributed by atoms with van der Waals surface area (Å²) in [5, 5.41) is 4.39. The third-order valence-electron chi connectivity index (χ3n) is 7.12. The van der Waals surface area contributed by atoms with Crippen LogP contribution < -0.4 is 5.73 Å². The zero-order chi connectivity index (χ0) is 22.0. The molecule has 4 heterocycles. The zero-order valence-corrected chi connectivity index (χ0v) is 18.4. The van der Waals surface area contributed by atoms with Crippen molar-refractivity contribution in [1.82, 2.24) is 14.8 Å². The standard InChI is InChI=1S/C25H31N5O2/c26-23-16-19(6-11-27-23)18-29-12-7-21(8-13-29)24(31)30-14-9-25(10-15-30)17-22(28-32-25)20-4-2-1-3-5-20/h1-6,11,16,21H,7-10,12-15,17-18H2,(H2,26,27). The van der Waals surface area contributed by atoms with Gasteiger partial charge < -0.3 is 15.5 Å². The Hall–Kier alpha value is -2.93. The number of likely N-dealkylation sites (tertiary alicyclic amines) is 2. The van der Waals surface area contributed by atoms with Gasteiger partial charge in [0.15, 0.2) is 0 Å². The number of carbonyl (C=O) groups is 1. The Kier molecular flexibility index (Phi) is 5.83. The van der Waals surface area contributed by atoms with Crippen LogP contribution in [0.25, 0.3) is 0 Å². The van der Waals surface area contributed by atoms with E-state index in [2.05, 4.69) is 32.1 Å². The van der Waals surface area contributed by atoms with Crippen molar-refractivity contribution in [2.45, 2.75) is 44.2 Å². The normalized spacial score (nSPS) is 21.4.